The van der Waals surface area contributed by atoms with Gasteiger partial charge in [-0.05, 0) is 47.0 Å². The van der Waals surface area contributed by atoms with E-state index in [9.17, 15) is 4.79 Å². The van der Waals surface area contributed by atoms with Gasteiger partial charge in [0.25, 0.3) is 0 Å². The second-order valence-corrected chi connectivity index (χ2v) is 7.07. The Bertz CT molecular complexity index is 616. The molecule has 1 aliphatic carbocycles. The van der Waals surface area contributed by atoms with Crippen LogP contribution in [0, 0.1) is 68.5 Å². The average molecular weight is 548 g/mol. The van der Waals surface area contributed by atoms with Crippen LogP contribution in [0.1, 0.15) is 53.9 Å². The van der Waals surface area contributed by atoms with Gasteiger partial charge in [0.2, 0.25) is 0 Å². The van der Waals surface area contributed by atoms with Crippen molar-refractivity contribution in [3.8, 4) is 12.3 Å². The molecule has 0 bridgehead atoms. The molecule has 0 aromatic rings. The fraction of sp³-hybridized carbons (Fsp3) is 0.522. The van der Waals surface area contributed by atoms with Crippen LogP contribution in [-0.2, 0) is 71.0 Å². The van der Waals surface area contributed by atoms with Crippen molar-refractivity contribution >= 4 is 5.97 Å². The van der Waals surface area contributed by atoms with E-state index >= 15 is 0 Å². The quantitative estimate of drug-likeness (QED) is 0.174. The summed E-state index contributed by atoms with van der Waals surface area (Å²) in [5.74, 6) is 2.76. The summed E-state index contributed by atoms with van der Waals surface area (Å²) in [6, 6.07) is 0. The molecule has 10 heteroatoms. The van der Waals surface area contributed by atoms with Gasteiger partial charge < -0.3 is 4.74 Å². The molecule has 184 valence electrons. The van der Waals surface area contributed by atoms with Gasteiger partial charge in [-0.2, -0.15) is 0 Å². The number of hydrogen-bond acceptors (Lipinski definition) is 2. The topological polar surface area (TPSA) is 146 Å². The minimum Gasteiger partial charge on any atom is 0 e. The predicted molar refractivity (Wildman–Crippen MR) is 102 cm³/mol. The third-order valence-corrected chi connectivity index (χ3v) is 4.63. The second kappa shape index (κ2) is 32.4. The van der Waals surface area contributed by atoms with Crippen LogP contribution in [0.5, 0.6) is 0 Å². The molecule has 2 radical (unpaired) electrons. The van der Waals surface area contributed by atoms with Gasteiger partial charge in [-0.15, -0.1) is 13.0 Å². The zero-order chi connectivity index (χ0) is 26.9. The summed E-state index contributed by atoms with van der Waals surface area (Å²) >= 11 is 0. The van der Waals surface area contributed by atoms with Crippen LogP contribution in [0.3, 0.4) is 0 Å². The fourth-order valence-corrected chi connectivity index (χ4v) is 2.77. The standard InChI is InChI=1S/C17H26O2.6CO.2Co/c1-8-11-17(7)13(10-12-16(17,6)9-2)19-14(18)15(3,4)5;6*1-2;;/h2,8,13H,1,10-12H2,3-7H3;;;;;;;;/t13-,16+,17-;;;;;;;;/m1......../s1. The number of rotatable bonds is 3. The van der Waals surface area contributed by atoms with Gasteiger partial charge in [0.1, 0.15) is 6.10 Å². The molecule has 0 saturated heterocycles. The molecule has 0 heterocycles. The van der Waals surface area contributed by atoms with E-state index < -0.39 is 5.41 Å². The van der Waals surface area contributed by atoms with Crippen molar-refractivity contribution in [2.24, 2.45) is 16.2 Å². The van der Waals surface area contributed by atoms with Crippen LogP contribution in [-0.4, -0.2) is 12.1 Å². The summed E-state index contributed by atoms with van der Waals surface area (Å²) in [6.07, 6.45) is 9.95. The van der Waals surface area contributed by atoms with E-state index in [1.54, 1.807) is 0 Å². The number of terminal acetylenes is 1. The smallest absolute Gasteiger partial charge is 0 e. The number of ether oxygens (including phenoxy) is 1. The Morgan fingerprint density at radius 2 is 1.33 bits per heavy atom. The molecule has 0 aromatic carbocycles. The summed E-state index contributed by atoms with van der Waals surface area (Å²) in [5, 5.41) is 0. The third kappa shape index (κ3) is 18.3. The molecule has 0 N–H and O–H groups in total. The summed E-state index contributed by atoms with van der Waals surface area (Å²) < 4.78 is 50.8. The molecule has 0 amide bonds. The molecule has 1 aliphatic rings. The molecule has 8 nitrogen and oxygen atoms in total. The summed E-state index contributed by atoms with van der Waals surface area (Å²) in [4.78, 5) is 12.1. The minimum absolute atomic E-state index is 0. The Labute approximate surface area is 217 Å². The molecule has 1 rings (SSSR count). The van der Waals surface area contributed by atoms with Gasteiger partial charge in [-0.25, -0.2) is 0 Å². The van der Waals surface area contributed by atoms with E-state index in [0.29, 0.717) is 0 Å². The maximum absolute atomic E-state index is 12.1. The first-order valence-electron chi connectivity index (χ1n) is 8.13. The second-order valence-electron chi connectivity index (χ2n) is 7.07. The SMILES string of the molecule is C#C[C@@]1(C)CC[C@@H](OC(=O)C(C)(C)C)[C@@]1(C)CC=C.[C-]#[O+].[C-]#[O+].[C-]#[O+].[C-]#[O+].[C-]#[O+].[C-]#[O+].[Co].[Co]. The maximum Gasteiger partial charge on any atom is 0 e. The molecule has 0 unspecified atom stereocenters. The monoisotopic (exact) mass is 548 g/mol. The number of carbonyl (C=O) groups is 1. The normalized spacial score (nSPS) is 20.3. The Hall–Kier alpha value is -1.78. The van der Waals surface area contributed by atoms with E-state index in [4.69, 9.17) is 39.1 Å². The molecule has 1 saturated carbocycles. The average Bonchev–Trinajstić information content (AvgIpc) is 3.07. The predicted octanol–water partition coefficient (Wildman–Crippen LogP) is 3.73. The first-order chi connectivity index (χ1) is 14.6. The molecule has 0 spiro atoms. The van der Waals surface area contributed by atoms with Crippen molar-refractivity contribution in [3.05, 3.63) is 52.6 Å². The van der Waals surface area contributed by atoms with Gasteiger partial charge in [-0.1, -0.05) is 18.9 Å². The fourth-order valence-electron chi connectivity index (χ4n) is 2.77. The van der Waals surface area contributed by atoms with Gasteiger partial charge in [0.15, 0.2) is 0 Å². The summed E-state index contributed by atoms with van der Waals surface area (Å²) in [6.45, 7) is 40.6. The van der Waals surface area contributed by atoms with Crippen LogP contribution < -0.4 is 0 Å². The van der Waals surface area contributed by atoms with Crippen molar-refractivity contribution < 1.29 is 71.0 Å². The molecular weight excluding hydrogens is 522 g/mol. The van der Waals surface area contributed by atoms with E-state index in [2.05, 4.69) is 66.2 Å². The summed E-state index contributed by atoms with van der Waals surface area (Å²) in [7, 11) is 0. The Morgan fingerprint density at radius 1 is 1.00 bits per heavy atom. The van der Waals surface area contributed by atoms with E-state index in [-0.39, 0.29) is 56.5 Å². The van der Waals surface area contributed by atoms with Crippen molar-refractivity contribution in [1.82, 2.24) is 0 Å². The molecule has 1 fully saturated rings. The van der Waals surface area contributed by atoms with E-state index in [1.807, 2.05) is 26.8 Å². The van der Waals surface area contributed by atoms with Crippen LogP contribution in [0.4, 0.5) is 0 Å². The first kappa shape index (κ1) is 52.9. The van der Waals surface area contributed by atoms with Crippen molar-refractivity contribution in [3.63, 3.8) is 0 Å². The van der Waals surface area contributed by atoms with Gasteiger partial charge in [0, 0.05) is 44.4 Å². The van der Waals surface area contributed by atoms with Gasteiger partial charge in [0.05, 0.1) is 5.41 Å². The van der Waals surface area contributed by atoms with Crippen molar-refractivity contribution in [2.45, 2.75) is 60.0 Å². The molecular formula is C23H26Co2O8. The van der Waals surface area contributed by atoms with Crippen LogP contribution >= 0.6 is 0 Å². The first-order valence-corrected chi connectivity index (χ1v) is 8.13. The zero-order valence-electron chi connectivity index (χ0n) is 19.0. The number of hydrogen-bond donors (Lipinski definition) is 0. The minimum atomic E-state index is -0.482. The molecule has 33 heavy (non-hydrogen) atoms. The van der Waals surface area contributed by atoms with E-state index in [1.165, 1.54) is 0 Å². The molecule has 3 atom stereocenters. The molecule has 0 aliphatic heterocycles. The Balaban J connectivity index is -0.0000000646. The van der Waals surface area contributed by atoms with Crippen LogP contribution in [0.2, 0.25) is 0 Å². The largest absolute Gasteiger partial charge is 0 e. The van der Waals surface area contributed by atoms with Crippen LogP contribution in [0.15, 0.2) is 12.7 Å². The van der Waals surface area contributed by atoms with Crippen molar-refractivity contribution in [2.75, 3.05) is 0 Å². The Morgan fingerprint density at radius 3 is 1.58 bits per heavy atom. The molecule has 0 aromatic heterocycles. The zero-order valence-corrected chi connectivity index (χ0v) is 21.1. The Kier molecular flexibility index (Phi) is 51.9. The third-order valence-electron chi connectivity index (χ3n) is 4.63. The maximum atomic E-state index is 12.1. The van der Waals surface area contributed by atoms with Gasteiger partial charge >= 0.3 is 73.8 Å². The number of carbonyl (C=O) groups excluding carboxylic acids is 1. The number of esters is 1. The summed E-state index contributed by atoms with van der Waals surface area (Å²) in [5.41, 5.74) is -0.960. The number of allylic oxidation sites excluding steroid dienone is 1. The van der Waals surface area contributed by atoms with Crippen LogP contribution in [0.25, 0.3) is 0 Å². The van der Waals surface area contributed by atoms with Gasteiger partial charge in [-0.3, -0.25) is 4.79 Å². The van der Waals surface area contributed by atoms with E-state index in [0.717, 1.165) is 19.3 Å². The van der Waals surface area contributed by atoms with Crippen molar-refractivity contribution in [1.29, 1.82) is 0 Å².